The minimum atomic E-state index is -3.54. The summed E-state index contributed by atoms with van der Waals surface area (Å²) in [5.74, 6) is -0.106. The van der Waals surface area contributed by atoms with Gasteiger partial charge in [0.25, 0.3) is 0 Å². The number of rotatable bonds is 8. The standard InChI is InChI=1S/C15H25N3O3S/c1-5-15(19)16-13-6-8-14(9-7-13)22(20,21)17-12(2)10-11-18(3)4/h6-9,12,17H,5,10-11H2,1-4H3,(H,16,19)/t12-/m1/s1. The molecule has 1 atom stereocenters. The first-order valence-corrected chi connectivity index (χ1v) is 8.80. The fourth-order valence-electron chi connectivity index (χ4n) is 1.81. The van der Waals surface area contributed by atoms with Crippen molar-refractivity contribution in [1.29, 1.82) is 0 Å². The predicted octanol–water partition coefficient (Wildman–Crippen LogP) is 1.65. The minimum absolute atomic E-state index is 0.106. The van der Waals surface area contributed by atoms with Crippen LogP contribution in [-0.2, 0) is 14.8 Å². The molecule has 0 spiro atoms. The first kappa shape index (κ1) is 18.6. The molecule has 1 aromatic carbocycles. The number of anilines is 1. The Morgan fingerprint density at radius 1 is 1.23 bits per heavy atom. The van der Waals surface area contributed by atoms with Crippen molar-refractivity contribution in [1.82, 2.24) is 9.62 Å². The maximum Gasteiger partial charge on any atom is 0.240 e. The van der Waals surface area contributed by atoms with E-state index in [2.05, 4.69) is 10.0 Å². The lowest BCUT2D eigenvalue weighted by molar-refractivity contribution is -0.115. The zero-order valence-corrected chi connectivity index (χ0v) is 14.4. The molecule has 0 heterocycles. The normalized spacial score (nSPS) is 13.1. The van der Waals surface area contributed by atoms with Gasteiger partial charge in [-0.25, -0.2) is 13.1 Å². The molecule has 0 fully saturated rings. The summed E-state index contributed by atoms with van der Waals surface area (Å²) in [5, 5.41) is 2.68. The van der Waals surface area contributed by atoms with E-state index in [-0.39, 0.29) is 16.8 Å². The molecule has 0 bridgehead atoms. The highest BCUT2D eigenvalue weighted by Gasteiger charge is 2.17. The molecule has 1 amide bonds. The SMILES string of the molecule is CCC(=O)Nc1ccc(S(=O)(=O)N[C@H](C)CCN(C)C)cc1. The Labute approximate surface area is 132 Å². The lowest BCUT2D eigenvalue weighted by Crippen LogP contribution is -2.34. The van der Waals surface area contributed by atoms with E-state index < -0.39 is 10.0 Å². The summed E-state index contributed by atoms with van der Waals surface area (Å²) in [7, 11) is 0.358. The van der Waals surface area contributed by atoms with Crippen molar-refractivity contribution < 1.29 is 13.2 Å². The highest BCUT2D eigenvalue weighted by molar-refractivity contribution is 7.89. The number of carbonyl (C=O) groups is 1. The van der Waals surface area contributed by atoms with Gasteiger partial charge in [0.2, 0.25) is 15.9 Å². The summed E-state index contributed by atoms with van der Waals surface area (Å²) in [4.78, 5) is 13.5. The second kappa shape index (κ2) is 8.26. The maximum absolute atomic E-state index is 12.3. The van der Waals surface area contributed by atoms with Crippen LogP contribution in [0.4, 0.5) is 5.69 Å². The van der Waals surface area contributed by atoms with E-state index >= 15 is 0 Å². The molecule has 0 unspecified atom stereocenters. The molecule has 22 heavy (non-hydrogen) atoms. The second-order valence-electron chi connectivity index (χ2n) is 5.54. The maximum atomic E-state index is 12.3. The Bertz CT molecular complexity index is 583. The molecule has 0 saturated carbocycles. The van der Waals surface area contributed by atoms with Crippen LogP contribution in [0.2, 0.25) is 0 Å². The number of nitrogens with one attached hydrogen (secondary N) is 2. The van der Waals surface area contributed by atoms with Crippen molar-refractivity contribution in [2.75, 3.05) is 26.0 Å². The van der Waals surface area contributed by atoms with Crippen LogP contribution in [0.5, 0.6) is 0 Å². The second-order valence-corrected chi connectivity index (χ2v) is 7.25. The number of nitrogens with zero attached hydrogens (tertiary/aromatic N) is 1. The average molecular weight is 327 g/mol. The van der Waals surface area contributed by atoms with Crippen LogP contribution < -0.4 is 10.0 Å². The van der Waals surface area contributed by atoms with Crippen molar-refractivity contribution in [2.45, 2.75) is 37.6 Å². The molecule has 124 valence electrons. The number of hydrogen-bond donors (Lipinski definition) is 2. The van der Waals surface area contributed by atoms with Crippen molar-refractivity contribution in [3.63, 3.8) is 0 Å². The van der Waals surface area contributed by atoms with E-state index in [9.17, 15) is 13.2 Å². The molecule has 1 rings (SSSR count). The Kier molecular flexibility index (Phi) is 6.99. The highest BCUT2D eigenvalue weighted by Crippen LogP contribution is 2.15. The summed E-state index contributed by atoms with van der Waals surface area (Å²) in [6, 6.07) is 6.02. The van der Waals surface area contributed by atoms with Crippen LogP contribution in [0.1, 0.15) is 26.7 Å². The van der Waals surface area contributed by atoms with Gasteiger partial charge >= 0.3 is 0 Å². The van der Waals surface area contributed by atoms with Gasteiger partial charge in [-0.05, 0) is 58.3 Å². The monoisotopic (exact) mass is 327 g/mol. The first-order chi connectivity index (χ1) is 10.2. The van der Waals surface area contributed by atoms with Crippen molar-refractivity contribution in [2.24, 2.45) is 0 Å². The average Bonchev–Trinajstić information content (AvgIpc) is 2.45. The third-order valence-electron chi connectivity index (χ3n) is 3.14. The van der Waals surface area contributed by atoms with Gasteiger partial charge in [0.1, 0.15) is 0 Å². The van der Waals surface area contributed by atoms with Gasteiger partial charge in [0.05, 0.1) is 4.90 Å². The molecule has 0 aromatic heterocycles. The first-order valence-electron chi connectivity index (χ1n) is 7.31. The fraction of sp³-hybridized carbons (Fsp3) is 0.533. The van der Waals surface area contributed by atoms with E-state index in [0.29, 0.717) is 12.1 Å². The van der Waals surface area contributed by atoms with Crippen LogP contribution in [0.3, 0.4) is 0 Å². The molecule has 0 radical (unpaired) electrons. The van der Waals surface area contributed by atoms with Gasteiger partial charge in [-0.1, -0.05) is 6.92 Å². The van der Waals surface area contributed by atoms with Crippen molar-refractivity contribution >= 4 is 21.6 Å². The van der Waals surface area contributed by atoms with Gasteiger partial charge in [-0.15, -0.1) is 0 Å². The largest absolute Gasteiger partial charge is 0.326 e. The summed E-state index contributed by atoms with van der Waals surface area (Å²) in [6.07, 6.45) is 1.11. The Hall–Kier alpha value is -1.44. The Morgan fingerprint density at radius 2 is 1.82 bits per heavy atom. The van der Waals surface area contributed by atoms with Gasteiger partial charge < -0.3 is 10.2 Å². The third kappa shape index (κ3) is 6.13. The number of benzene rings is 1. The van der Waals surface area contributed by atoms with E-state index in [4.69, 9.17) is 0 Å². The topological polar surface area (TPSA) is 78.5 Å². The summed E-state index contributed by atoms with van der Waals surface area (Å²) in [6.45, 7) is 4.41. The van der Waals surface area contributed by atoms with E-state index in [0.717, 1.165) is 13.0 Å². The molecule has 0 saturated heterocycles. The molecule has 7 heteroatoms. The molecule has 0 aliphatic rings. The number of sulfonamides is 1. The van der Waals surface area contributed by atoms with Crippen LogP contribution in [0, 0.1) is 0 Å². The Morgan fingerprint density at radius 3 is 2.32 bits per heavy atom. The molecule has 0 aliphatic heterocycles. The summed E-state index contributed by atoms with van der Waals surface area (Å²) < 4.78 is 27.2. The summed E-state index contributed by atoms with van der Waals surface area (Å²) in [5.41, 5.74) is 0.589. The van der Waals surface area contributed by atoms with Crippen molar-refractivity contribution in [3.8, 4) is 0 Å². The van der Waals surface area contributed by atoms with Gasteiger partial charge in [0, 0.05) is 18.2 Å². The predicted molar refractivity (Wildman–Crippen MR) is 88.3 cm³/mol. The number of carbonyl (C=O) groups excluding carboxylic acids is 1. The van der Waals surface area contributed by atoms with E-state index in [1.54, 1.807) is 19.1 Å². The fourth-order valence-corrected chi connectivity index (χ4v) is 3.09. The Balaban J connectivity index is 2.70. The van der Waals surface area contributed by atoms with Crippen LogP contribution in [0.25, 0.3) is 0 Å². The molecule has 2 N–H and O–H groups in total. The van der Waals surface area contributed by atoms with Gasteiger partial charge in [-0.2, -0.15) is 0 Å². The van der Waals surface area contributed by atoms with Crippen LogP contribution in [0.15, 0.2) is 29.2 Å². The zero-order valence-electron chi connectivity index (χ0n) is 13.6. The summed E-state index contributed by atoms with van der Waals surface area (Å²) >= 11 is 0. The molecule has 0 aliphatic carbocycles. The quantitative estimate of drug-likeness (QED) is 0.761. The molecule has 1 aromatic rings. The lowest BCUT2D eigenvalue weighted by Gasteiger charge is -2.17. The van der Waals surface area contributed by atoms with Crippen molar-refractivity contribution in [3.05, 3.63) is 24.3 Å². The molecular formula is C15H25N3O3S. The van der Waals surface area contributed by atoms with E-state index in [1.807, 2.05) is 25.9 Å². The lowest BCUT2D eigenvalue weighted by atomic mass is 10.2. The van der Waals surface area contributed by atoms with Crippen LogP contribution >= 0.6 is 0 Å². The molecular weight excluding hydrogens is 302 g/mol. The molecule has 6 nitrogen and oxygen atoms in total. The van der Waals surface area contributed by atoms with Gasteiger partial charge in [-0.3, -0.25) is 4.79 Å². The van der Waals surface area contributed by atoms with Gasteiger partial charge in [0.15, 0.2) is 0 Å². The van der Waals surface area contributed by atoms with E-state index in [1.165, 1.54) is 12.1 Å². The highest BCUT2D eigenvalue weighted by atomic mass is 32.2. The van der Waals surface area contributed by atoms with Crippen LogP contribution in [-0.4, -0.2) is 45.9 Å². The number of hydrogen-bond acceptors (Lipinski definition) is 4. The third-order valence-corrected chi connectivity index (χ3v) is 4.74. The zero-order chi connectivity index (χ0) is 16.8. The number of amides is 1. The minimum Gasteiger partial charge on any atom is -0.326 e. The smallest absolute Gasteiger partial charge is 0.240 e.